The van der Waals surface area contributed by atoms with Gasteiger partial charge in [-0.15, -0.1) is 0 Å². The fourth-order valence-electron chi connectivity index (χ4n) is 2.11. The smallest absolute Gasteiger partial charge is 0.389 e. The number of rotatable bonds is 7. The number of aliphatic hydroxyl groups is 1. The molecule has 130 valence electrons. The first kappa shape index (κ1) is 18.6. The molecule has 0 spiro atoms. The van der Waals surface area contributed by atoms with Gasteiger partial charge >= 0.3 is 6.18 Å². The summed E-state index contributed by atoms with van der Waals surface area (Å²) in [5, 5.41) is 12.4. The third kappa shape index (κ3) is 5.40. The van der Waals surface area contributed by atoms with E-state index in [1.807, 2.05) is 30.3 Å². The Bertz CT molecular complexity index is 650. The Morgan fingerprint density at radius 2 is 1.79 bits per heavy atom. The van der Waals surface area contributed by atoms with Gasteiger partial charge in [-0.25, -0.2) is 0 Å². The van der Waals surface area contributed by atoms with Crippen LogP contribution in [-0.2, 0) is 17.5 Å². The predicted octanol–water partition coefficient (Wildman–Crippen LogP) is 4.35. The average molecular weight is 360 g/mol. The van der Waals surface area contributed by atoms with E-state index in [0.717, 1.165) is 11.6 Å². The molecule has 2 rings (SSSR count). The van der Waals surface area contributed by atoms with Gasteiger partial charge in [-0.2, -0.15) is 13.2 Å². The Morgan fingerprint density at radius 3 is 2.46 bits per heavy atom. The van der Waals surface area contributed by atoms with Crippen LogP contribution in [0, 0.1) is 0 Å². The first-order valence-corrected chi connectivity index (χ1v) is 7.65. The highest BCUT2D eigenvalue weighted by atomic mass is 35.5. The Labute approximate surface area is 143 Å². The van der Waals surface area contributed by atoms with Crippen molar-refractivity contribution in [3.8, 4) is 0 Å². The third-order valence-corrected chi connectivity index (χ3v) is 3.57. The van der Waals surface area contributed by atoms with Crippen LogP contribution in [0.1, 0.15) is 11.1 Å². The summed E-state index contributed by atoms with van der Waals surface area (Å²) >= 11 is 5.83. The summed E-state index contributed by atoms with van der Waals surface area (Å²) < 4.78 is 44.2. The summed E-state index contributed by atoms with van der Waals surface area (Å²) in [7, 11) is 0. The highest BCUT2D eigenvalue weighted by Crippen LogP contribution is 2.38. The number of para-hydroxylation sites is 1. The quantitative estimate of drug-likeness (QED) is 0.772. The summed E-state index contributed by atoms with van der Waals surface area (Å²) in [4.78, 5) is 0. The van der Waals surface area contributed by atoms with Crippen molar-refractivity contribution in [2.45, 2.75) is 18.9 Å². The van der Waals surface area contributed by atoms with Crippen LogP contribution in [0.5, 0.6) is 0 Å². The molecule has 3 nitrogen and oxygen atoms in total. The lowest BCUT2D eigenvalue weighted by Gasteiger charge is -2.18. The molecule has 0 bridgehead atoms. The number of aliphatic hydroxyl groups excluding tert-OH is 1. The van der Waals surface area contributed by atoms with Gasteiger partial charge in [-0.05, 0) is 17.7 Å². The zero-order chi connectivity index (χ0) is 17.6. The van der Waals surface area contributed by atoms with E-state index < -0.39 is 17.8 Å². The van der Waals surface area contributed by atoms with Crippen LogP contribution in [0.25, 0.3) is 0 Å². The van der Waals surface area contributed by atoms with E-state index in [1.54, 1.807) is 0 Å². The second kappa shape index (κ2) is 8.37. The van der Waals surface area contributed by atoms with Crippen molar-refractivity contribution < 1.29 is 23.0 Å². The Balaban J connectivity index is 1.87. The molecule has 0 aliphatic rings. The lowest BCUT2D eigenvalue weighted by Crippen LogP contribution is -2.26. The molecule has 0 aromatic heterocycles. The molecular weight excluding hydrogens is 343 g/mol. The molecule has 2 aromatic rings. The number of halogens is 4. The molecule has 7 heteroatoms. The van der Waals surface area contributed by atoms with Gasteiger partial charge in [0, 0.05) is 6.54 Å². The summed E-state index contributed by atoms with van der Waals surface area (Å²) in [6.45, 7) is 0.201. The van der Waals surface area contributed by atoms with Crippen LogP contribution in [0.3, 0.4) is 0 Å². The Morgan fingerprint density at radius 1 is 1.08 bits per heavy atom. The monoisotopic (exact) mass is 359 g/mol. The number of anilines is 1. The SMILES string of the molecule is OC(CNc1c(Cl)cccc1C(F)(F)F)COCc1ccccc1. The van der Waals surface area contributed by atoms with Crippen LogP contribution in [0.15, 0.2) is 48.5 Å². The fourth-order valence-corrected chi connectivity index (χ4v) is 2.35. The number of hydrogen-bond acceptors (Lipinski definition) is 3. The van der Waals surface area contributed by atoms with Crippen LogP contribution in [0.2, 0.25) is 5.02 Å². The zero-order valence-electron chi connectivity index (χ0n) is 12.7. The summed E-state index contributed by atoms with van der Waals surface area (Å²) in [5.74, 6) is 0. The molecule has 2 aromatic carbocycles. The Kier molecular flexibility index (Phi) is 6.48. The van der Waals surface area contributed by atoms with Crippen molar-refractivity contribution in [2.75, 3.05) is 18.5 Å². The number of alkyl halides is 3. The van der Waals surface area contributed by atoms with Crippen LogP contribution in [0.4, 0.5) is 18.9 Å². The standard InChI is InChI=1S/C17H17ClF3NO2/c18-15-8-4-7-14(17(19,20)21)16(15)22-9-13(23)11-24-10-12-5-2-1-3-6-12/h1-8,13,22-23H,9-11H2. The van der Waals surface area contributed by atoms with Gasteiger partial charge in [0.15, 0.2) is 0 Å². The molecule has 1 atom stereocenters. The normalized spacial score (nSPS) is 12.9. The minimum Gasteiger partial charge on any atom is -0.389 e. The van der Waals surface area contributed by atoms with Crippen molar-refractivity contribution >= 4 is 17.3 Å². The minimum atomic E-state index is -4.53. The second-order valence-corrected chi connectivity index (χ2v) is 5.60. The minimum absolute atomic E-state index is 0.00625. The zero-order valence-corrected chi connectivity index (χ0v) is 13.4. The fraction of sp³-hybridized carbons (Fsp3) is 0.294. The van der Waals surface area contributed by atoms with E-state index in [2.05, 4.69) is 5.32 Å². The van der Waals surface area contributed by atoms with Gasteiger partial charge in [0.1, 0.15) is 0 Å². The van der Waals surface area contributed by atoms with E-state index in [1.165, 1.54) is 12.1 Å². The molecular formula is C17H17ClF3NO2. The summed E-state index contributed by atoms with van der Waals surface area (Å²) in [6, 6.07) is 12.9. The molecule has 24 heavy (non-hydrogen) atoms. The molecule has 0 aliphatic heterocycles. The molecule has 0 saturated carbocycles. The van der Waals surface area contributed by atoms with Gasteiger partial charge in [-0.3, -0.25) is 0 Å². The van der Waals surface area contributed by atoms with E-state index in [9.17, 15) is 18.3 Å². The number of nitrogens with one attached hydrogen (secondary N) is 1. The van der Waals surface area contributed by atoms with Crippen molar-refractivity contribution in [3.05, 3.63) is 64.7 Å². The van der Waals surface area contributed by atoms with Crippen LogP contribution >= 0.6 is 11.6 Å². The molecule has 0 fully saturated rings. The lowest BCUT2D eigenvalue weighted by atomic mass is 10.1. The van der Waals surface area contributed by atoms with Crippen molar-refractivity contribution in [1.29, 1.82) is 0 Å². The summed E-state index contributed by atoms with van der Waals surface area (Å²) in [5.41, 5.74) is -0.163. The highest BCUT2D eigenvalue weighted by Gasteiger charge is 2.34. The van der Waals surface area contributed by atoms with Gasteiger partial charge in [0.05, 0.1) is 35.6 Å². The maximum Gasteiger partial charge on any atom is 0.418 e. The number of ether oxygens (including phenoxy) is 1. The first-order valence-electron chi connectivity index (χ1n) is 7.27. The molecule has 0 radical (unpaired) electrons. The molecule has 0 amide bonds. The maximum atomic E-state index is 13.0. The van der Waals surface area contributed by atoms with Crippen LogP contribution in [-0.4, -0.2) is 24.4 Å². The molecule has 0 saturated heterocycles. The third-order valence-electron chi connectivity index (χ3n) is 3.26. The van der Waals surface area contributed by atoms with Crippen molar-refractivity contribution in [1.82, 2.24) is 0 Å². The largest absolute Gasteiger partial charge is 0.418 e. The molecule has 2 N–H and O–H groups in total. The first-order chi connectivity index (χ1) is 11.4. The molecule has 0 heterocycles. The lowest BCUT2D eigenvalue weighted by molar-refractivity contribution is -0.137. The van der Waals surface area contributed by atoms with Gasteiger partial charge in [-0.1, -0.05) is 48.0 Å². The van der Waals surface area contributed by atoms with E-state index in [4.69, 9.17) is 16.3 Å². The predicted molar refractivity (Wildman–Crippen MR) is 87.0 cm³/mol. The second-order valence-electron chi connectivity index (χ2n) is 5.20. The Hall–Kier alpha value is -1.76. The topological polar surface area (TPSA) is 41.5 Å². The van der Waals surface area contributed by atoms with E-state index in [0.29, 0.717) is 6.61 Å². The van der Waals surface area contributed by atoms with Gasteiger partial charge in [0.25, 0.3) is 0 Å². The van der Waals surface area contributed by atoms with E-state index >= 15 is 0 Å². The van der Waals surface area contributed by atoms with Crippen molar-refractivity contribution in [2.24, 2.45) is 0 Å². The van der Waals surface area contributed by atoms with Crippen LogP contribution < -0.4 is 5.32 Å². The van der Waals surface area contributed by atoms with E-state index in [-0.39, 0.29) is 23.9 Å². The number of benzene rings is 2. The van der Waals surface area contributed by atoms with Gasteiger partial charge < -0.3 is 15.2 Å². The van der Waals surface area contributed by atoms with Crippen molar-refractivity contribution in [3.63, 3.8) is 0 Å². The summed E-state index contributed by atoms with van der Waals surface area (Å²) in [6.07, 6.45) is -5.49. The molecule has 0 aliphatic carbocycles. The number of hydrogen-bond donors (Lipinski definition) is 2. The average Bonchev–Trinajstić information content (AvgIpc) is 2.53. The van der Waals surface area contributed by atoms with Gasteiger partial charge in [0.2, 0.25) is 0 Å². The maximum absolute atomic E-state index is 13.0. The molecule has 1 unspecified atom stereocenters. The highest BCUT2D eigenvalue weighted by molar-refractivity contribution is 6.33.